The lowest BCUT2D eigenvalue weighted by molar-refractivity contribution is 0.182. The fraction of sp³-hybridized carbons (Fsp3) is 0.240. The molecule has 0 spiro atoms. The summed E-state index contributed by atoms with van der Waals surface area (Å²) in [6, 6.07) is 25.1. The number of para-hydroxylation sites is 1. The summed E-state index contributed by atoms with van der Waals surface area (Å²) in [7, 11) is 0. The molecule has 1 N–H and O–H groups in total. The summed E-state index contributed by atoms with van der Waals surface area (Å²) < 4.78 is 0. The third kappa shape index (κ3) is 3.65. The summed E-state index contributed by atoms with van der Waals surface area (Å²) >= 11 is 0. The molecule has 3 nitrogen and oxygen atoms in total. The van der Waals surface area contributed by atoms with Crippen LogP contribution in [0.2, 0.25) is 0 Å². The van der Waals surface area contributed by atoms with E-state index in [0.29, 0.717) is 0 Å². The second kappa shape index (κ2) is 7.89. The lowest BCUT2D eigenvalue weighted by Crippen LogP contribution is -2.43. The van der Waals surface area contributed by atoms with E-state index in [9.17, 15) is 4.79 Å². The molecular weight excluding hydrogens is 344 g/mol. The number of anilines is 1. The highest BCUT2D eigenvalue weighted by molar-refractivity contribution is 5.91. The molecule has 0 saturated heterocycles. The Morgan fingerprint density at radius 3 is 2.36 bits per heavy atom. The van der Waals surface area contributed by atoms with Crippen molar-refractivity contribution < 1.29 is 4.79 Å². The molecule has 2 amide bonds. The van der Waals surface area contributed by atoms with E-state index in [1.54, 1.807) is 0 Å². The van der Waals surface area contributed by atoms with Gasteiger partial charge in [0.25, 0.3) is 0 Å². The lowest BCUT2D eigenvalue weighted by atomic mass is 9.89. The van der Waals surface area contributed by atoms with Gasteiger partial charge in [-0.3, -0.25) is 0 Å². The maximum atomic E-state index is 13.3. The minimum Gasteiger partial charge on any atom is -0.317 e. The van der Waals surface area contributed by atoms with Crippen LogP contribution in [0, 0.1) is 13.8 Å². The Labute approximate surface area is 167 Å². The van der Waals surface area contributed by atoms with Crippen LogP contribution in [0.25, 0.3) is 0 Å². The van der Waals surface area contributed by atoms with Gasteiger partial charge in [0, 0.05) is 12.2 Å². The van der Waals surface area contributed by atoms with E-state index in [1.165, 1.54) is 16.7 Å². The number of nitrogens with one attached hydrogen (secondary N) is 1. The summed E-state index contributed by atoms with van der Waals surface area (Å²) in [4.78, 5) is 15.3. The van der Waals surface area contributed by atoms with Crippen LogP contribution in [0.1, 0.15) is 33.9 Å². The highest BCUT2D eigenvalue weighted by Gasteiger charge is 2.31. The Morgan fingerprint density at radius 1 is 0.929 bits per heavy atom. The third-order valence-electron chi connectivity index (χ3n) is 5.66. The molecule has 3 heteroatoms. The first-order valence-electron chi connectivity index (χ1n) is 9.89. The number of urea groups is 1. The van der Waals surface area contributed by atoms with Crippen molar-refractivity contribution >= 4 is 11.7 Å². The maximum absolute atomic E-state index is 13.3. The summed E-state index contributed by atoms with van der Waals surface area (Å²) in [6.07, 6.45) is 1.71. The van der Waals surface area contributed by atoms with Gasteiger partial charge in [0.05, 0.1) is 6.04 Å². The number of hydrogen-bond donors (Lipinski definition) is 1. The smallest absolute Gasteiger partial charge is 0.317 e. The maximum Gasteiger partial charge on any atom is 0.322 e. The van der Waals surface area contributed by atoms with Crippen molar-refractivity contribution in [2.24, 2.45) is 0 Å². The highest BCUT2D eigenvalue weighted by Crippen LogP contribution is 2.33. The van der Waals surface area contributed by atoms with E-state index in [2.05, 4.69) is 53.8 Å². The van der Waals surface area contributed by atoms with Crippen molar-refractivity contribution in [1.29, 1.82) is 0 Å². The van der Waals surface area contributed by atoms with Crippen LogP contribution in [0.15, 0.2) is 72.8 Å². The average molecular weight is 370 g/mol. The van der Waals surface area contributed by atoms with Crippen molar-refractivity contribution in [1.82, 2.24) is 4.90 Å². The van der Waals surface area contributed by atoms with E-state index in [-0.39, 0.29) is 12.1 Å². The van der Waals surface area contributed by atoms with Crippen molar-refractivity contribution in [3.63, 3.8) is 0 Å². The third-order valence-corrected chi connectivity index (χ3v) is 5.66. The number of fused-ring (bicyclic) bond motifs is 1. The molecule has 0 unspecified atom stereocenters. The Morgan fingerprint density at radius 2 is 1.61 bits per heavy atom. The van der Waals surface area contributed by atoms with Gasteiger partial charge >= 0.3 is 6.03 Å². The van der Waals surface area contributed by atoms with Gasteiger partial charge in [-0.05, 0) is 54.5 Å². The first kappa shape index (κ1) is 18.3. The van der Waals surface area contributed by atoms with Gasteiger partial charge in [-0.15, -0.1) is 0 Å². The minimum atomic E-state index is -0.0205. The molecule has 1 heterocycles. The molecule has 3 aromatic carbocycles. The first-order chi connectivity index (χ1) is 13.6. The normalized spacial score (nSPS) is 15.8. The number of carbonyl (C=O) groups is 1. The molecule has 3 aromatic rings. The van der Waals surface area contributed by atoms with E-state index in [0.717, 1.165) is 36.2 Å². The summed E-state index contributed by atoms with van der Waals surface area (Å²) in [5.74, 6) is 0. The molecule has 0 aromatic heterocycles. The van der Waals surface area contributed by atoms with Crippen LogP contribution in [0.3, 0.4) is 0 Å². The second-order valence-corrected chi connectivity index (χ2v) is 7.54. The van der Waals surface area contributed by atoms with E-state index in [1.807, 2.05) is 43.0 Å². The van der Waals surface area contributed by atoms with Crippen LogP contribution in [-0.2, 0) is 12.8 Å². The molecule has 4 rings (SSSR count). The van der Waals surface area contributed by atoms with Crippen LogP contribution in [0.5, 0.6) is 0 Å². The highest BCUT2D eigenvalue weighted by atomic mass is 16.2. The zero-order valence-corrected chi connectivity index (χ0v) is 16.5. The number of aryl methyl sites for hydroxylation is 2. The average Bonchev–Trinajstić information content (AvgIpc) is 2.72. The Hall–Kier alpha value is -3.07. The zero-order valence-electron chi connectivity index (χ0n) is 16.5. The molecule has 0 aliphatic carbocycles. The molecule has 0 radical (unpaired) electrons. The topological polar surface area (TPSA) is 32.3 Å². The Bertz CT molecular complexity index is 961. The predicted molar refractivity (Wildman–Crippen MR) is 115 cm³/mol. The van der Waals surface area contributed by atoms with Gasteiger partial charge in [0.1, 0.15) is 0 Å². The molecule has 0 saturated carbocycles. The van der Waals surface area contributed by atoms with Gasteiger partial charge in [-0.25, -0.2) is 4.79 Å². The summed E-state index contributed by atoms with van der Waals surface area (Å²) in [5.41, 5.74) is 6.95. The van der Waals surface area contributed by atoms with E-state index in [4.69, 9.17) is 0 Å². The lowest BCUT2D eigenvalue weighted by Gasteiger charge is -2.37. The number of benzene rings is 3. The van der Waals surface area contributed by atoms with Gasteiger partial charge in [-0.2, -0.15) is 0 Å². The molecule has 1 atom stereocenters. The number of nitrogens with zero attached hydrogens (tertiary/aromatic N) is 1. The largest absolute Gasteiger partial charge is 0.322 e. The van der Waals surface area contributed by atoms with Gasteiger partial charge in [0.2, 0.25) is 0 Å². The Kier molecular flexibility index (Phi) is 5.16. The molecule has 1 aliphatic heterocycles. The first-order valence-corrected chi connectivity index (χ1v) is 9.89. The number of rotatable bonds is 3. The van der Waals surface area contributed by atoms with E-state index < -0.39 is 0 Å². The quantitative estimate of drug-likeness (QED) is 0.632. The molecular formula is C25H26N2O. The van der Waals surface area contributed by atoms with Gasteiger partial charge < -0.3 is 10.2 Å². The molecule has 28 heavy (non-hydrogen) atoms. The monoisotopic (exact) mass is 370 g/mol. The molecule has 0 bridgehead atoms. The van der Waals surface area contributed by atoms with Crippen LogP contribution >= 0.6 is 0 Å². The fourth-order valence-electron chi connectivity index (χ4n) is 4.14. The Balaban J connectivity index is 1.65. The zero-order chi connectivity index (χ0) is 19.5. The second-order valence-electron chi connectivity index (χ2n) is 7.54. The fourth-order valence-corrected chi connectivity index (χ4v) is 4.14. The summed E-state index contributed by atoms with van der Waals surface area (Å²) in [5, 5.41) is 3.18. The van der Waals surface area contributed by atoms with Crippen molar-refractivity contribution in [2.75, 3.05) is 11.9 Å². The summed E-state index contributed by atoms with van der Waals surface area (Å²) in [6.45, 7) is 4.80. The van der Waals surface area contributed by atoms with Crippen molar-refractivity contribution in [2.45, 2.75) is 32.7 Å². The number of hydrogen-bond acceptors (Lipinski definition) is 1. The van der Waals surface area contributed by atoms with Crippen molar-refractivity contribution in [3.05, 3.63) is 101 Å². The SMILES string of the molecule is Cc1cccc(C)c1NC(=O)N1CCc2ccccc2[C@H]1Cc1ccccc1. The van der Waals surface area contributed by atoms with Gasteiger partial charge in [0.15, 0.2) is 0 Å². The number of carbonyl (C=O) groups excluding carboxylic acids is 1. The molecule has 1 aliphatic rings. The molecule has 0 fully saturated rings. The van der Waals surface area contributed by atoms with Crippen LogP contribution in [-0.4, -0.2) is 17.5 Å². The minimum absolute atomic E-state index is 0.0205. The predicted octanol–water partition coefficient (Wildman–Crippen LogP) is 5.68. The van der Waals surface area contributed by atoms with Crippen molar-refractivity contribution in [3.8, 4) is 0 Å². The standard InChI is InChI=1S/C25H26N2O/c1-18-9-8-10-19(2)24(18)26-25(28)27-16-15-21-13-6-7-14-22(21)23(27)17-20-11-4-3-5-12-20/h3-14,23H,15-17H2,1-2H3,(H,26,28)/t23-/m1/s1. The van der Waals surface area contributed by atoms with Crippen LogP contribution < -0.4 is 5.32 Å². The van der Waals surface area contributed by atoms with E-state index >= 15 is 0 Å². The van der Waals surface area contributed by atoms with Crippen LogP contribution in [0.4, 0.5) is 10.5 Å². The number of amides is 2. The van der Waals surface area contributed by atoms with Gasteiger partial charge in [-0.1, -0.05) is 72.8 Å². The molecule has 142 valence electrons.